The molecule has 2 heterocycles. The number of nitrogens with zero attached hydrogens (tertiary/aromatic N) is 2. The molecule has 1 saturated heterocycles. The van der Waals surface area contributed by atoms with Crippen LogP contribution in [-0.2, 0) is 4.74 Å². The Morgan fingerprint density at radius 1 is 1.47 bits per heavy atom. The summed E-state index contributed by atoms with van der Waals surface area (Å²) in [5.41, 5.74) is 5.58. The van der Waals surface area contributed by atoms with Crippen molar-refractivity contribution in [1.29, 1.82) is 0 Å². The lowest BCUT2D eigenvalue weighted by molar-refractivity contribution is -0.0517. The summed E-state index contributed by atoms with van der Waals surface area (Å²) in [4.78, 5) is 3.78. The standard InChI is InChI=1S/C8H13N3O4/c9-5-1-10-3-11(5)8-7(14)6(13)4(2-12)15-8/h1,3-4,6-8,12-14H,2,9H2/t4-,6-,7-,8-/m1/s1/i9+1. The molecule has 1 fully saturated rings. The minimum Gasteiger partial charge on any atom is -0.394 e. The first-order valence-electron chi connectivity index (χ1n) is 4.55. The molecule has 1 aliphatic heterocycles. The van der Waals surface area contributed by atoms with E-state index >= 15 is 0 Å². The largest absolute Gasteiger partial charge is 0.394 e. The zero-order valence-electron chi connectivity index (χ0n) is 7.89. The van der Waals surface area contributed by atoms with Gasteiger partial charge in [0.05, 0.1) is 19.1 Å². The number of nitrogens with two attached hydrogens (primary N) is 1. The average Bonchev–Trinajstić information content (AvgIpc) is 2.74. The Morgan fingerprint density at radius 3 is 2.67 bits per heavy atom. The van der Waals surface area contributed by atoms with Crippen LogP contribution in [-0.4, -0.2) is 49.8 Å². The molecule has 0 radical (unpaired) electrons. The quantitative estimate of drug-likeness (QED) is 0.428. The molecule has 0 amide bonds. The molecule has 0 aromatic carbocycles. The van der Waals surface area contributed by atoms with Crippen LogP contribution in [0, 0.1) is 0 Å². The molecule has 15 heavy (non-hydrogen) atoms. The Kier molecular flexibility index (Phi) is 2.61. The Bertz CT molecular complexity index is 342. The van der Waals surface area contributed by atoms with Gasteiger partial charge in [-0.25, -0.2) is 4.98 Å². The maximum atomic E-state index is 9.66. The molecule has 2 rings (SSSR count). The third-order valence-corrected chi connectivity index (χ3v) is 2.49. The first kappa shape index (κ1) is 10.4. The fourth-order valence-corrected chi connectivity index (χ4v) is 1.64. The summed E-state index contributed by atoms with van der Waals surface area (Å²) in [6.45, 7) is -0.358. The molecule has 0 spiro atoms. The predicted octanol–water partition coefficient (Wildman–Crippen LogP) is -1.92. The minimum absolute atomic E-state index is 0.324. The normalized spacial score (nSPS) is 35.9. The van der Waals surface area contributed by atoms with Gasteiger partial charge in [0.25, 0.3) is 0 Å². The van der Waals surface area contributed by atoms with Gasteiger partial charge in [0, 0.05) is 0 Å². The van der Waals surface area contributed by atoms with Crippen LogP contribution >= 0.6 is 0 Å². The maximum Gasteiger partial charge on any atom is 0.165 e. The van der Waals surface area contributed by atoms with Crippen molar-refractivity contribution < 1.29 is 20.1 Å². The fraction of sp³-hybridized carbons (Fsp3) is 0.625. The summed E-state index contributed by atoms with van der Waals surface area (Å²) in [5.74, 6) is 0.324. The van der Waals surface area contributed by atoms with E-state index < -0.39 is 24.5 Å². The average molecular weight is 216 g/mol. The Balaban J connectivity index is 2.22. The van der Waals surface area contributed by atoms with Gasteiger partial charge >= 0.3 is 0 Å². The summed E-state index contributed by atoms with van der Waals surface area (Å²) < 4.78 is 6.66. The van der Waals surface area contributed by atoms with E-state index in [1.165, 1.54) is 17.1 Å². The second-order valence-corrected chi connectivity index (χ2v) is 3.45. The second kappa shape index (κ2) is 3.78. The minimum atomic E-state index is -1.13. The molecule has 5 N–H and O–H groups in total. The van der Waals surface area contributed by atoms with Crippen LogP contribution in [0.1, 0.15) is 6.23 Å². The molecule has 0 saturated carbocycles. The van der Waals surface area contributed by atoms with Crippen LogP contribution < -0.4 is 5.73 Å². The summed E-state index contributed by atoms with van der Waals surface area (Å²) in [6.07, 6.45) is -1.04. The summed E-state index contributed by atoms with van der Waals surface area (Å²) >= 11 is 0. The fourth-order valence-electron chi connectivity index (χ4n) is 1.64. The second-order valence-electron chi connectivity index (χ2n) is 3.45. The Morgan fingerprint density at radius 2 is 2.20 bits per heavy atom. The van der Waals surface area contributed by atoms with Gasteiger partial charge in [0.2, 0.25) is 0 Å². The zero-order valence-corrected chi connectivity index (χ0v) is 7.89. The molecule has 1 aliphatic rings. The molecular formula is C8H13N3O4. The lowest BCUT2D eigenvalue weighted by Crippen LogP contribution is -2.33. The number of aromatic nitrogens is 2. The molecule has 0 unspecified atom stereocenters. The summed E-state index contributed by atoms with van der Waals surface area (Å²) in [6, 6.07) is 0. The van der Waals surface area contributed by atoms with E-state index in [1.54, 1.807) is 0 Å². The molecule has 7 heteroatoms. The highest BCUT2D eigenvalue weighted by Gasteiger charge is 2.43. The summed E-state index contributed by atoms with van der Waals surface area (Å²) in [5, 5.41) is 28.1. The highest BCUT2D eigenvalue weighted by atomic mass is 16.6. The van der Waals surface area contributed by atoms with E-state index in [1.807, 2.05) is 0 Å². The third-order valence-electron chi connectivity index (χ3n) is 2.49. The highest BCUT2D eigenvalue weighted by molar-refractivity contribution is 5.25. The highest BCUT2D eigenvalue weighted by Crippen LogP contribution is 2.30. The number of aliphatic hydroxyl groups excluding tert-OH is 3. The van der Waals surface area contributed by atoms with E-state index in [0.717, 1.165) is 0 Å². The summed E-state index contributed by atoms with van der Waals surface area (Å²) in [7, 11) is 0. The van der Waals surface area contributed by atoms with E-state index in [4.69, 9.17) is 15.6 Å². The zero-order chi connectivity index (χ0) is 11.0. The maximum absolute atomic E-state index is 9.66. The van der Waals surface area contributed by atoms with Gasteiger partial charge in [-0.05, 0) is 0 Å². The number of hydrogen-bond donors (Lipinski definition) is 4. The van der Waals surface area contributed by atoms with Crippen molar-refractivity contribution in [3.8, 4) is 0 Å². The van der Waals surface area contributed by atoms with Crippen molar-refractivity contribution in [1.82, 2.24) is 9.55 Å². The van der Waals surface area contributed by atoms with Crippen LogP contribution in [0.5, 0.6) is 0 Å². The van der Waals surface area contributed by atoms with Gasteiger partial charge in [0.15, 0.2) is 6.23 Å². The molecule has 84 valence electrons. The van der Waals surface area contributed by atoms with E-state index in [2.05, 4.69) is 4.98 Å². The number of imidazole rings is 1. The van der Waals surface area contributed by atoms with Crippen LogP contribution in [0.4, 0.5) is 5.82 Å². The van der Waals surface area contributed by atoms with Crippen molar-refractivity contribution >= 4 is 5.82 Å². The molecule has 0 bridgehead atoms. The number of nitrogen functional groups attached to an aromatic ring is 1. The van der Waals surface area contributed by atoms with Gasteiger partial charge in [-0.3, -0.25) is 4.57 Å². The molecule has 1 aromatic heterocycles. The van der Waals surface area contributed by atoms with Crippen LogP contribution in [0.2, 0.25) is 0 Å². The van der Waals surface area contributed by atoms with Crippen molar-refractivity contribution in [3.05, 3.63) is 12.5 Å². The Labute approximate surface area is 85.7 Å². The van der Waals surface area contributed by atoms with Crippen LogP contribution in [0.25, 0.3) is 0 Å². The van der Waals surface area contributed by atoms with Crippen molar-refractivity contribution in [2.45, 2.75) is 24.5 Å². The van der Waals surface area contributed by atoms with Gasteiger partial charge in [0.1, 0.15) is 24.1 Å². The molecule has 1 aromatic rings. The van der Waals surface area contributed by atoms with Crippen LogP contribution in [0.3, 0.4) is 0 Å². The van der Waals surface area contributed by atoms with Gasteiger partial charge in [-0.2, -0.15) is 0 Å². The first-order valence-corrected chi connectivity index (χ1v) is 4.55. The van der Waals surface area contributed by atoms with Gasteiger partial charge in [-0.1, -0.05) is 0 Å². The van der Waals surface area contributed by atoms with Crippen molar-refractivity contribution in [2.24, 2.45) is 0 Å². The van der Waals surface area contributed by atoms with Crippen molar-refractivity contribution in [2.75, 3.05) is 12.3 Å². The van der Waals surface area contributed by atoms with Gasteiger partial charge < -0.3 is 25.8 Å². The number of hydrogen-bond acceptors (Lipinski definition) is 6. The lowest BCUT2D eigenvalue weighted by atomic mass is 10.1. The van der Waals surface area contributed by atoms with E-state index in [0.29, 0.717) is 5.82 Å². The number of rotatable bonds is 2. The van der Waals surface area contributed by atoms with Gasteiger partial charge in [-0.15, -0.1) is 0 Å². The number of anilines is 1. The monoisotopic (exact) mass is 216 g/mol. The van der Waals surface area contributed by atoms with Crippen LogP contribution in [0.15, 0.2) is 12.5 Å². The molecular weight excluding hydrogens is 203 g/mol. The molecule has 4 atom stereocenters. The topological polar surface area (TPSA) is 114 Å². The smallest absolute Gasteiger partial charge is 0.165 e. The first-order chi connectivity index (χ1) is 7.15. The Hall–Kier alpha value is -1.15. The molecule has 7 nitrogen and oxygen atoms in total. The number of aliphatic hydroxyl groups is 3. The van der Waals surface area contributed by atoms with E-state index in [9.17, 15) is 10.2 Å². The molecule has 0 aliphatic carbocycles. The SMILES string of the molecule is [15NH2]c1cncn1[C@@H]1O[C@H](CO)[C@@H](O)[C@H]1O. The third kappa shape index (κ3) is 1.59. The van der Waals surface area contributed by atoms with Crippen molar-refractivity contribution in [3.63, 3.8) is 0 Å². The van der Waals surface area contributed by atoms with E-state index in [-0.39, 0.29) is 6.61 Å². The lowest BCUT2D eigenvalue weighted by Gasteiger charge is -2.16. The number of ether oxygens (including phenoxy) is 1. The predicted molar refractivity (Wildman–Crippen MR) is 49.6 cm³/mol.